The van der Waals surface area contributed by atoms with Crippen LogP contribution in [0.1, 0.15) is 26.7 Å². The summed E-state index contributed by atoms with van der Waals surface area (Å²) < 4.78 is 0. The molecule has 1 aliphatic carbocycles. The number of hydrogen-bond acceptors (Lipinski definition) is 3. The molecule has 2 amide bonds. The lowest BCUT2D eigenvalue weighted by molar-refractivity contribution is -0.145. The first-order valence-corrected chi connectivity index (χ1v) is 6.27. The first-order valence-electron chi connectivity index (χ1n) is 6.27. The van der Waals surface area contributed by atoms with Gasteiger partial charge in [-0.15, -0.1) is 0 Å². The molecule has 2 aliphatic rings. The van der Waals surface area contributed by atoms with Gasteiger partial charge in [-0.2, -0.15) is 0 Å². The largest absolute Gasteiger partial charge is 0.358 e. The van der Waals surface area contributed by atoms with E-state index in [1.165, 1.54) is 0 Å². The van der Waals surface area contributed by atoms with Crippen LogP contribution in [0.3, 0.4) is 0 Å². The number of piperazine rings is 1. The molecule has 5 nitrogen and oxygen atoms in total. The zero-order valence-corrected chi connectivity index (χ0v) is 10.7. The van der Waals surface area contributed by atoms with Crippen molar-refractivity contribution in [3.63, 3.8) is 0 Å². The van der Waals surface area contributed by atoms with E-state index in [2.05, 4.69) is 24.5 Å². The quantitative estimate of drug-likeness (QED) is 0.652. The normalized spacial score (nSPS) is 30.9. The van der Waals surface area contributed by atoms with Gasteiger partial charge in [0, 0.05) is 32.2 Å². The van der Waals surface area contributed by atoms with Crippen molar-refractivity contribution in [3.05, 3.63) is 0 Å². The molecule has 0 spiro atoms. The van der Waals surface area contributed by atoms with Gasteiger partial charge >= 0.3 is 0 Å². The summed E-state index contributed by atoms with van der Waals surface area (Å²) >= 11 is 0. The third-order valence-electron chi connectivity index (χ3n) is 3.67. The molecule has 17 heavy (non-hydrogen) atoms. The Balaban J connectivity index is 2.07. The second-order valence-electron chi connectivity index (χ2n) is 5.34. The molecular weight excluding hydrogens is 218 g/mol. The molecule has 1 saturated carbocycles. The van der Waals surface area contributed by atoms with Crippen LogP contribution < -0.4 is 10.6 Å². The van der Waals surface area contributed by atoms with E-state index < -0.39 is 5.41 Å². The highest BCUT2D eigenvalue weighted by Gasteiger charge is 2.57. The number of carbonyl (C=O) groups is 2. The molecule has 0 radical (unpaired) electrons. The van der Waals surface area contributed by atoms with Gasteiger partial charge in [0.15, 0.2) is 0 Å². The lowest BCUT2D eigenvalue weighted by Gasteiger charge is -2.37. The highest BCUT2D eigenvalue weighted by atomic mass is 16.2. The van der Waals surface area contributed by atoms with E-state index in [1.54, 1.807) is 7.05 Å². The lowest BCUT2D eigenvalue weighted by Crippen LogP contribution is -2.58. The molecule has 2 unspecified atom stereocenters. The maximum absolute atomic E-state index is 12.4. The van der Waals surface area contributed by atoms with Crippen LogP contribution in [0.25, 0.3) is 0 Å². The maximum atomic E-state index is 12.4. The SMILES string of the molecule is CNC(=O)C1(C(=O)N2CC(C)NC(C)C2)CC1. The molecule has 2 N–H and O–H groups in total. The summed E-state index contributed by atoms with van der Waals surface area (Å²) in [5, 5.41) is 5.99. The Hall–Kier alpha value is -1.10. The number of rotatable bonds is 2. The highest BCUT2D eigenvalue weighted by molar-refractivity contribution is 6.07. The van der Waals surface area contributed by atoms with Crippen molar-refractivity contribution in [2.75, 3.05) is 20.1 Å². The van der Waals surface area contributed by atoms with E-state index in [-0.39, 0.29) is 11.8 Å². The summed E-state index contributed by atoms with van der Waals surface area (Å²) in [5.74, 6) is -0.113. The molecular formula is C12H21N3O2. The topological polar surface area (TPSA) is 61.4 Å². The van der Waals surface area contributed by atoms with Crippen molar-refractivity contribution in [2.24, 2.45) is 5.41 Å². The monoisotopic (exact) mass is 239 g/mol. The molecule has 0 aromatic carbocycles. The van der Waals surface area contributed by atoms with Gasteiger partial charge in [0.2, 0.25) is 11.8 Å². The Morgan fingerprint density at radius 1 is 1.24 bits per heavy atom. The summed E-state index contributed by atoms with van der Waals surface area (Å²) in [6.07, 6.45) is 1.39. The van der Waals surface area contributed by atoms with Crippen LogP contribution in [-0.2, 0) is 9.59 Å². The minimum Gasteiger partial charge on any atom is -0.358 e. The molecule has 1 aliphatic heterocycles. The molecule has 5 heteroatoms. The predicted octanol–water partition coefficient (Wildman–Crippen LogP) is -0.279. The Bertz CT molecular complexity index is 329. The van der Waals surface area contributed by atoms with Gasteiger partial charge in [0.05, 0.1) is 0 Å². The van der Waals surface area contributed by atoms with Crippen molar-refractivity contribution < 1.29 is 9.59 Å². The van der Waals surface area contributed by atoms with Crippen LogP contribution in [-0.4, -0.2) is 48.9 Å². The summed E-state index contributed by atoms with van der Waals surface area (Å²) in [5.41, 5.74) is -0.745. The van der Waals surface area contributed by atoms with Crippen molar-refractivity contribution in [1.29, 1.82) is 0 Å². The van der Waals surface area contributed by atoms with Crippen LogP contribution >= 0.6 is 0 Å². The zero-order valence-electron chi connectivity index (χ0n) is 10.7. The fourth-order valence-electron chi connectivity index (χ4n) is 2.70. The van der Waals surface area contributed by atoms with Gasteiger partial charge in [0.1, 0.15) is 5.41 Å². The fourth-order valence-corrected chi connectivity index (χ4v) is 2.70. The maximum Gasteiger partial charge on any atom is 0.238 e. The van der Waals surface area contributed by atoms with E-state index in [4.69, 9.17) is 0 Å². The Kier molecular flexibility index (Phi) is 3.12. The molecule has 1 saturated heterocycles. The van der Waals surface area contributed by atoms with E-state index in [0.29, 0.717) is 38.0 Å². The standard InChI is InChI=1S/C12H21N3O2/c1-8-6-15(7-9(2)14-8)11(17)12(4-5-12)10(16)13-3/h8-9,14H,4-7H2,1-3H3,(H,13,16). The molecule has 0 aromatic heterocycles. The Morgan fingerprint density at radius 3 is 2.18 bits per heavy atom. The van der Waals surface area contributed by atoms with Crippen molar-refractivity contribution in [2.45, 2.75) is 38.8 Å². The first kappa shape index (κ1) is 12.4. The van der Waals surface area contributed by atoms with Crippen molar-refractivity contribution in [1.82, 2.24) is 15.5 Å². The zero-order chi connectivity index (χ0) is 12.6. The molecule has 0 bridgehead atoms. The molecule has 2 atom stereocenters. The smallest absolute Gasteiger partial charge is 0.238 e. The van der Waals surface area contributed by atoms with E-state index in [9.17, 15) is 9.59 Å². The third kappa shape index (κ3) is 2.16. The van der Waals surface area contributed by atoms with Gasteiger partial charge in [-0.1, -0.05) is 0 Å². The first-order chi connectivity index (χ1) is 7.99. The predicted molar refractivity (Wildman–Crippen MR) is 64.4 cm³/mol. The number of nitrogens with zero attached hydrogens (tertiary/aromatic N) is 1. The average Bonchev–Trinajstić information content (AvgIpc) is 3.07. The molecule has 2 rings (SSSR count). The van der Waals surface area contributed by atoms with Gasteiger partial charge in [-0.05, 0) is 26.7 Å². The van der Waals surface area contributed by atoms with Crippen LogP contribution in [0.2, 0.25) is 0 Å². The van der Waals surface area contributed by atoms with Crippen molar-refractivity contribution in [3.8, 4) is 0 Å². The van der Waals surface area contributed by atoms with Crippen LogP contribution in [0.4, 0.5) is 0 Å². The molecule has 1 heterocycles. The number of hydrogen-bond donors (Lipinski definition) is 2. The highest BCUT2D eigenvalue weighted by Crippen LogP contribution is 2.47. The second kappa shape index (κ2) is 4.29. The van der Waals surface area contributed by atoms with Gasteiger partial charge in [-0.3, -0.25) is 9.59 Å². The summed E-state index contributed by atoms with van der Waals surface area (Å²) in [6, 6.07) is 0.589. The van der Waals surface area contributed by atoms with Gasteiger partial charge < -0.3 is 15.5 Å². The number of nitrogens with one attached hydrogen (secondary N) is 2. The summed E-state index contributed by atoms with van der Waals surface area (Å²) in [7, 11) is 1.60. The van der Waals surface area contributed by atoms with Gasteiger partial charge in [-0.25, -0.2) is 0 Å². The number of amides is 2. The minimum atomic E-state index is -0.745. The van der Waals surface area contributed by atoms with E-state index in [1.807, 2.05) is 4.90 Å². The van der Waals surface area contributed by atoms with Crippen molar-refractivity contribution >= 4 is 11.8 Å². The molecule has 96 valence electrons. The third-order valence-corrected chi connectivity index (χ3v) is 3.67. The van der Waals surface area contributed by atoms with E-state index in [0.717, 1.165) is 0 Å². The second-order valence-corrected chi connectivity index (χ2v) is 5.34. The molecule has 0 aromatic rings. The molecule has 2 fully saturated rings. The van der Waals surface area contributed by atoms with Gasteiger partial charge in [0.25, 0.3) is 0 Å². The summed E-state index contributed by atoms with van der Waals surface area (Å²) in [4.78, 5) is 26.0. The van der Waals surface area contributed by atoms with Crippen LogP contribution in [0, 0.1) is 5.41 Å². The Labute approximate surface area is 102 Å². The van der Waals surface area contributed by atoms with E-state index >= 15 is 0 Å². The fraction of sp³-hybridized carbons (Fsp3) is 0.833. The van der Waals surface area contributed by atoms with Crippen LogP contribution in [0.5, 0.6) is 0 Å². The minimum absolute atomic E-state index is 0.0112. The number of carbonyl (C=O) groups excluding carboxylic acids is 2. The van der Waals surface area contributed by atoms with Crippen LogP contribution in [0.15, 0.2) is 0 Å². The lowest BCUT2D eigenvalue weighted by atomic mass is 10.0. The average molecular weight is 239 g/mol. The summed E-state index contributed by atoms with van der Waals surface area (Å²) in [6.45, 7) is 5.52. The Morgan fingerprint density at radius 2 is 1.76 bits per heavy atom.